The zero-order valence-corrected chi connectivity index (χ0v) is 13.7. The summed E-state index contributed by atoms with van der Waals surface area (Å²) in [5.74, 6) is 0. The highest BCUT2D eigenvalue weighted by atomic mass is 15.2. The molecule has 3 heteroatoms. The molecule has 1 aromatic heterocycles. The smallest absolute Gasteiger partial charge is 0.0484 e. The van der Waals surface area contributed by atoms with Gasteiger partial charge in [-0.05, 0) is 69.0 Å². The second-order valence-corrected chi connectivity index (χ2v) is 7.32. The van der Waals surface area contributed by atoms with Crippen LogP contribution in [0, 0.1) is 0 Å². The monoisotopic (exact) mass is 285 g/mol. The van der Waals surface area contributed by atoms with E-state index < -0.39 is 0 Å². The van der Waals surface area contributed by atoms with Crippen molar-refractivity contribution >= 4 is 10.9 Å². The minimum Gasteiger partial charge on any atom is -0.350 e. The lowest BCUT2D eigenvalue weighted by Gasteiger charge is -2.31. The third kappa shape index (κ3) is 2.60. The molecule has 1 aliphatic rings. The molecule has 0 aliphatic carbocycles. The second kappa shape index (κ2) is 5.15. The summed E-state index contributed by atoms with van der Waals surface area (Å²) in [4.78, 5) is 2.55. The molecule has 0 radical (unpaired) electrons. The number of fused-ring (bicyclic) bond motifs is 2. The molecule has 1 aromatic carbocycles. The molecule has 0 amide bonds. The van der Waals surface area contributed by atoms with Gasteiger partial charge in [-0.25, -0.2) is 0 Å². The lowest BCUT2D eigenvalue weighted by molar-refractivity contribution is 0.136. The molecular formula is C18H27N3. The van der Waals surface area contributed by atoms with Crippen molar-refractivity contribution in [2.24, 2.45) is 12.8 Å². The Bertz CT molecular complexity index is 661. The fourth-order valence-corrected chi connectivity index (χ4v) is 3.33. The molecule has 2 heterocycles. The average molecular weight is 285 g/mol. The Labute approximate surface area is 127 Å². The third-order valence-corrected chi connectivity index (χ3v) is 4.71. The van der Waals surface area contributed by atoms with Crippen molar-refractivity contribution in [2.75, 3.05) is 6.54 Å². The number of benzene rings is 1. The summed E-state index contributed by atoms with van der Waals surface area (Å²) < 4.78 is 2.27. The Morgan fingerprint density at radius 1 is 1.14 bits per heavy atom. The highest BCUT2D eigenvalue weighted by Gasteiger charge is 2.28. The van der Waals surface area contributed by atoms with E-state index in [1.165, 1.54) is 27.6 Å². The van der Waals surface area contributed by atoms with Crippen LogP contribution in [-0.2, 0) is 26.6 Å². The van der Waals surface area contributed by atoms with Gasteiger partial charge in [0.15, 0.2) is 0 Å². The normalized spacial score (nSPS) is 15.9. The Morgan fingerprint density at radius 3 is 2.43 bits per heavy atom. The zero-order chi connectivity index (χ0) is 15.2. The first kappa shape index (κ1) is 14.6. The molecule has 0 unspecified atom stereocenters. The molecule has 21 heavy (non-hydrogen) atoms. The van der Waals surface area contributed by atoms with Gasteiger partial charge in [0.25, 0.3) is 0 Å². The van der Waals surface area contributed by atoms with Gasteiger partial charge in [0.1, 0.15) is 0 Å². The SMILES string of the molecule is Cn1cc(CCCN)c2cc3c(cc21)CN(C(C)(C)C)C3. The van der Waals surface area contributed by atoms with E-state index in [9.17, 15) is 0 Å². The van der Waals surface area contributed by atoms with Crippen LogP contribution in [0.15, 0.2) is 18.3 Å². The Hall–Kier alpha value is -1.32. The molecule has 2 N–H and O–H groups in total. The van der Waals surface area contributed by atoms with Crippen LogP contribution < -0.4 is 5.73 Å². The van der Waals surface area contributed by atoms with Gasteiger partial charge in [-0.2, -0.15) is 0 Å². The van der Waals surface area contributed by atoms with Crippen LogP contribution in [0.4, 0.5) is 0 Å². The summed E-state index contributed by atoms with van der Waals surface area (Å²) in [7, 11) is 2.15. The van der Waals surface area contributed by atoms with Gasteiger partial charge in [0.05, 0.1) is 0 Å². The van der Waals surface area contributed by atoms with Crippen molar-refractivity contribution in [1.29, 1.82) is 0 Å². The van der Waals surface area contributed by atoms with E-state index in [0.717, 1.165) is 32.5 Å². The van der Waals surface area contributed by atoms with E-state index >= 15 is 0 Å². The van der Waals surface area contributed by atoms with Crippen LogP contribution in [0.3, 0.4) is 0 Å². The van der Waals surface area contributed by atoms with Crippen LogP contribution >= 0.6 is 0 Å². The van der Waals surface area contributed by atoms with E-state index in [4.69, 9.17) is 5.73 Å². The minimum atomic E-state index is 0.230. The van der Waals surface area contributed by atoms with Crippen LogP contribution in [0.25, 0.3) is 10.9 Å². The standard InChI is InChI=1S/C18H27N3/c1-18(2,3)21-11-14-8-16-13(6-5-7-19)10-20(4)17(16)9-15(14)12-21/h8-10H,5-7,11-12,19H2,1-4H3. The number of hydrogen-bond donors (Lipinski definition) is 1. The Kier molecular flexibility index (Phi) is 3.58. The van der Waals surface area contributed by atoms with E-state index in [1.807, 2.05) is 0 Å². The first-order valence-corrected chi connectivity index (χ1v) is 7.95. The van der Waals surface area contributed by atoms with Crippen molar-refractivity contribution in [3.63, 3.8) is 0 Å². The summed E-state index contributed by atoms with van der Waals surface area (Å²) in [6.45, 7) is 9.79. The fraction of sp³-hybridized carbons (Fsp3) is 0.556. The van der Waals surface area contributed by atoms with Crippen LogP contribution in [-0.4, -0.2) is 21.6 Å². The summed E-state index contributed by atoms with van der Waals surface area (Å²) in [5.41, 5.74) is 11.7. The largest absolute Gasteiger partial charge is 0.350 e. The lowest BCUT2D eigenvalue weighted by atomic mass is 10.0. The quantitative estimate of drug-likeness (QED) is 0.940. The van der Waals surface area contributed by atoms with Crippen molar-refractivity contribution in [3.05, 3.63) is 35.0 Å². The maximum Gasteiger partial charge on any atom is 0.0484 e. The molecule has 3 rings (SSSR count). The van der Waals surface area contributed by atoms with E-state index in [-0.39, 0.29) is 5.54 Å². The number of hydrogen-bond acceptors (Lipinski definition) is 2. The van der Waals surface area contributed by atoms with Gasteiger partial charge in [0, 0.05) is 42.8 Å². The number of rotatable bonds is 3. The average Bonchev–Trinajstić information content (AvgIpc) is 2.96. The maximum atomic E-state index is 5.67. The fourth-order valence-electron chi connectivity index (χ4n) is 3.33. The minimum absolute atomic E-state index is 0.230. The number of aromatic nitrogens is 1. The van der Waals surface area contributed by atoms with E-state index in [0.29, 0.717) is 0 Å². The zero-order valence-electron chi connectivity index (χ0n) is 13.7. The highest BCUT2D eigenvalue weighted by molar-refractivity contribution is 5.85. The molecule has 0 atom stereocenters. The van der Waals surface area contributed by atoms with Crippen molar-refractivity contribution < 1.29 is 0 Å². The van der Waals surface area contributed by atoms with Gasteiger partial charge in [-0.1, -0.05) is 0 Å². The summed E-state index contributed by atoms with van der Waals surface area (Å²) in [6.07, 6.45) is 4.41. The molecule has 3 nitrogen and oxygen atoms in total. The summed E-state index contributed by atoms with van der Waals surface area (Å²) in [6, 6.07) is 4.81. The molecular weight excluding hydrogens is 258 g/mol. The summed E-state index contributed by atoms with van der Waals surface area (Å²) in [5, 5.41) is 1.42. The molecule has 0 spiro atoms. The van der Waals surface area contributed by atoms with Gasteiger partial charge in [-0.3, -0.25) is 4.90 Å². The highest BCUT2D eigenvalue weighted by Crippen LogP contribution is 2.33. The van der Waals surface area contributed by atoms with Gasteiger partial charge >= 0.3 is 0 Å². The Morgan fingerprint density at radius 2 is 1.81 bits per heavy atom. The van der Waals surface area contributed by atoms with Gasteiger partial charge in [-0.15, -0.1) is 0 Å². The number of nitrogens with zero attached hydrogens (tertiary/aromatic N) is 2. The number of nitrogens with two attached hydrogens (primary N) is 1. The van der Waals surface area contributed by atoms with Gasteiger partial charge < -0.3 is 10.3 Å². The van der Waals surface area contributed by atoms with Crippen molar-refractivity contribution in [3.8, 4) is 0 Å². The topological polar surface area (TPSA) is 34.2 Å². The molecule has 0 fully saturated rings. The van der Waals surface area contributed by atoms with Crippen molar-refractivity contribution in [2.45, 2.75) is 52.2 Å². The van der Waals surface area contributed by atoms with Crippen LogP contribution in [0.2, 0.25) is 0 Å². The molecule has 1 aliphatic heterocycles. The first-order chi connectivity index (χ1) is 9.90. The van der Waals surface area contributed by atoms with E-state index in [1.54, 1.807) is 0 Å². The number of aryl methyl sites for hydroxylation is 2. The molecule has 0 saturated carbocycles. The summed E-state index contributed by atoms with van der Waals surface area (Å²) >= 11 is 0. The predicted octanol–water partition coefficient (Wildman–Crippen LogP) is 3.18. The lowest BCUT2D eigenvalue weighted by Crippen LogP contribution is -2.36. The molecule has 2 aromatic rings. The van der Waals surface area contributed by atoms with Crippen LogP contribution in [0.5, 0.6) is 0 Å². The van der Waals surface area contributed by atoms with Crippen LogP contribution in [0.1, 0.15) is 43.9 Å². The molecule has 0 saturated heterocycles. The predicted molar refractivity (Wildman–Crippen MR) is 89.3 cm³/mol. The molecule has 114 valence electrons. The van der Waals surface area contributed by atoms with Crippen molar-refractivity contribution in [1.82, 2.24) is 9.47 Å². The third-order valence-electron chi connectivity index (χ3n) is 4.71. The van der Waals surface area contributed by atoms with E-state index in [2.05, 4.69) is 55.6 Å². The Balaban J connectivity index is 2.00. The molecule has 0 bridgehead atoms. The van der Waals surface area contributed by atoms with Gasteiger partial charge in [0.2, 0.25) is 0 Å². The maximum absolute atomic E-state index is 5.67. The first-order valence-electron chi connectivity index (χ1n) is 7.95. The second-order valence-electron chi connectivity index (χ2n) is 7.32.